The Morgan fingerprint density at radius 1 is 1.00 bits per heavy atom. The highest BCUT2D eigenvalue weighted by atomic mass is 16.2. The number of aryl methyl sites for hydroxylation is 1. The molecule has 0 saturated carbocycles. The van der Waals surface area contributed by atoms with Gasteiger partial charge in [0.15, 0.2) is 0 Å². The molecular formula is C22H25N3O3. The van der Waals surface area contributed by atoms with Crippen molar-refractivity contribution in [3.8, 4) is 0 Å². The molecule has 1 aliphatic rings. The number of carbonyl (C=O) groups is 3. The van der Waals surface area contributed by atoms with Crippen LogP contribution in [-0.4, -0.2) is 54.7 Å². The quantitative estimate of drug-likeness (QED) is 0.750. The smallest absolute Gasteiger partial charge is 0.262 e. The van der Waals surface area contributed by atoms with Crippen molar-refractivity contribution < 1.29 is 14.4 Å². The van der Waals surface area contributed by atoms with Crippen LogP contribution in [0.3, 0.4) is 0 Å². The Morgan fingerprint density at radius 2 is 1.57 bits per heavy atom. The van der Waals surface area contributed by atoms with Gasteiger partial charge >= 0.3 is 0 Å². The first kappa shape index (κ1) is 19.8. The molecule has 1 N–H and O–H groups in total. The van der Waals surface area contributed by atoms with Gasteiger partial charge < -0.3 is 10.2 Å². The van der Waals surface area contributed by atoms with Crippen LogP contribution < -0.4 is 5.32 Å². The molecule has 0 radical (unpaired) electrons. The van der Waals surface area contributed by atoms with Crippen molar-refractivity contribution in [3.05, 3.63) is 70.8 Å². The lowest BCUT2D eigenvalue weighted by Crippen LogP contribution is -2.42. The van der Waals surface area contributed by atoms with Crippen LogP contribution >= 0.6 is 0 Å². The van der Waals surface area contributed by atoms with Crippen LogP contribution in [0.5, 0.6) is 0 Å². The highest BCUT2D eigenvalue weighted by Crippen LogP contribution is 2.22. The fourth-order valence-electron chi connectivity index (χ4n) is 3.37. The molecule has 1 aliphatic heterocycles. The second-order valence-electron chi connectivity index (χ2n) is 7.12. The Hall–Kier alpha value is -2.99. The normalized spacial score (nSPS) is 14.4. The van der Waals surface area contributed by atoms with Crippen LogP contribution in [-0.2, 0) is 11.2 Å². The van der Waals surface area contributed by atoms with Crippen LogP contribution in [0, 0.1) is 0 Å². The van der Waals surface area contributed by atoms with Crippen LogP contribution in [0.15, 0.2) is 48.5 Å². The molecule has 0 saturated heterocycles. The van der Waals surface area contributed by atoms with E-state index in [1.807, 2.05) is 19.0 Å². The maximum absolute atomic E-state index is 12.4. The average molecular weight is 379 g/mol. The van der Waals surface area contributed by atoms with E-state index in [9.17, 15) is 14.4 Å². The predicted octanol–water partition coefficient (Wildman–Crippen LogP) is 2.26. The molecule has 28 heavy (non-hydrogen) atoms. The summed E-state index contributed by atoms with van der Waals surface area (Å²) in [5, 5.41) is 2.86. The number of nitrogens with zero attached hydrogens (tertiary/aromatic N) is 2. The van der Waals surface area contributed by atoms with Gasteiger partial charge in [-0.15, -0.1) is 0 Å². The minimum atomic E-state index is -0.421. The van der Waals surface area contributed by atoms with Gasteiger partial charge in [0.05, 0.1) is 17.2 Å². The number of imide groups is 1. The maximum Gasteiger partial charge on any atom is 0.262 e. The summed E-state index contributed by atoms with van der Waals surface area (Å²) < 4.78 is 0. The van der Waals surface area contributed by atoms with Crippen molar-refractivity contribution >= 4 is 17.7 Å². The monoisotopic (exact) mass is 379 g/mol. The molecule has 3 amide bonds. The number of benzene rings is 2. The lowest BCUT2D eigenvalue weighted by molar-refractivity contribution is -0.121. The summed E-state index contributed by atoms with van der Waals surface area (Å²) in [7, 11) is 3.91. The minimum absolute atomic E-state index is 0.00275. The first-order valence-corrected chi connectivity index (χ1v) is 9.39. The number of carbonyl (C=O) groups excluding carboxylic acids is 3. The number of fused-ring (bicyclic) bond motifs is 1. The van der Waals surface area contributed by atoms with Crippen LogP contribution in [0.25, 0.3) is 0 Å². The summed E-state index contributed by atoms with van der Waals surface area (Å²) in [6, 6.07) is 14.9. The number of hydrogen-bond acceptors (Lipinski definition) is 4. The van der Waals surface area contributed by atoms with E-state index in [-0.39, 0.29) is 18.5 Å². The summed E-state index contributed by atoms with van der Waals surface area (Å²) in [6.45, 7) is 2.22. The van der Waals surface area contributed by atoms with E-state index in [1.165, 1.54) is 5.56 Å². The zero-order valence-corrected chi connectivity index (χ0v) is 16.4. The highest BCUT2D eigenvalue weighted by Gasteiger charge is 2.36. The third-order valence-electron chi connectivity index (χ3n) is 5.07. The van der Waals surface area contributed by atoms with Crippen molar-refractivity contribution in [2.75, 3.05) is 27.2 Å². The van der Waals surface area contributed by atoms with Crippen LogP contribution in [0.2, 0.25) is 0 Å². The average Bonchev–Trinajstić information content (AvgIpc) is 2.93. The van der Waals surface area contributed by atoms with E-state index in [0.717, 1.165) is 16.9 Å². The molecule has 0 aliphatic carbocycles. The van der Waals surface area contributed by atoms with Gasteiger partial charge in [-0.3, -0.25) is 19.3 Å². The number of amides is 3. The van der Waals surface area contributed by atoms with E-state index in [2.05, 4.69) is 36.5 Å². The van der Waals surface area contributed by atoms with Crippen molar-refractivity contribution in [2.24, 2.45) is 0 Å². The molecule has 146 valence electrons. The molecule has 0 fully saturated rings. The van der Waals surface area contributed by atoms with Crippen molar-refractivity contribution in [1.82, 2.24) is 15.1 Å². The SMILES string of the molecule is CCc1ccc(C(CNC(=O)CN2C(=O)c3ccccc3C2=O)N(C)C)cc1. The number of nitrogens with one attached hydrogen (secondary N) is 1. The molecule has 0 bridgehead atoms. The summed E-state index contributed by atoms with van der Waals surface area (Å²) in [6.07, 6.45) is 0.976. The molecule has 0 aromatic heterocycles. The third kappa shape index (κ3) is 3.97. The molecular weight excluding hydrogens is 354 g/mol. The zero-order chi connectivity index (χ0) is 20.3. The number of hydrogen-bond donors (Lipinski definition) is 1. The Bertz CT molecular complexity index is 855. The van der Waals surface area contributed by atoms with Gasteiger partial charge in [-0.05, 0) is 43.8 Å². The van der Waals surface area contributed by atoms with E-state index in [1.54, 1.807) is 24.3 Å². The topological polar surface area (TPSA) is 69.7 Å². The summed E-state index contributed by atoms with van der Waals surface area (Å²) in [5.74, 6) is -1.20. The van der Waals surface area contributed by atoms with Gasteiger partial charge in [0.2, 0.25) is 5.91 Å². The fourth-order valence-corrected chi connectivity index (χ4v) is 3.37. The Kier molecular flexibility index (Phi) is 5.90. The minimum Gasteiger partial charge on any atom is -0.353 e. The van der Waals surface area contributed by atoms with Gasteiger partial charge in [0.25, 0.3) is 11.8 Å². The molecule has 6 heteroatoms. The fraction of sp³-hybridized carbons (Fsp3) is 0.318. The second-order valence-corrected chi connectivity index (χ2v) is 7.12. The second kappa shape index (κ2) is 8.35. The Balaban J connectivity index is 1.62. The third-order valence-corrected chi connectivity index (χ3v) is 5.07. The standard InChI is InChI=1S/C22H25N3O3/c1-4-15-9-11-16(12-10-15)19(24(2)3)13-23-20(26)14-25-21(27)17-7-5-6-8-18(17)22(25)28/h5-12,19H,4,13-14H2,1-3H3,(H,23,26). The first-order valence-electron chi connectivity index (χ1n) is 9.39. The molecule has 1 unspecified atom stereocenters. The van der Waals surface area contributed by atoms with Crippen LogP contribution in [0.4, 0.5) is 0 Å². The zero-order valence-electron chi connectivity index (χ0n) is 16.4. The maximum atomic E-state index is 12.4. The summed E-state index contributed by atoms with van der Waals surface area (Å²) >= 11 is 0. The lowest BCUT2D eigenvalue weighted by atomic mass is 10.0. The summed E-state index contributed by atoms with van der Waals surface area (Å²) in [4.78, 5) is 40.2. The van der Waals surface area contributed by atoms with E-state index < -0.39 is 11.8 Å². The number of likely N-dealkylation sites (N-methyl/N-ethyl adjacent to an activating group) is 1. The summed E-state index contributed by atoms with van der Waals surface area (Å²) in [5.41, 5.74) is 3.06. The van der Waals surface area contributed by atoms with Gasteiger partial charge in [-0.2, -0.15) is 0 Å². The molecule has 2 aromatic carbocycles. The Labute approximate surface area is 165 Å². The van der Waals surface area contributed by atoms with E-state index in [0.29, 0.717) is 17.7 Å². The molecule has 1 atom stereocenters. The van der Waals surface area contributed by atoms with E-state index >= 15 is 0 Å². The predicted molar refractivity (Wildman–Crippen MR) is 107 cm³/mol. The number of rotatable bonds is 7. The van der Waals surface area contributed by atoms with Crippen molar-refractivity contribution in [3.63, 3.8) is 0 Å². The van der Waals surface area contributed by atoms with Gasteiger partial charge in [-0.1, -0.05) is 43.3 Å². The first-order chi connectivity index (χ1) is 13.4. The van der Waals surface area contributed by atoms with Gasteiger partial charge in [0, 0.05) is 6.54 Å². The van der Waals surface area contributed by atoms with Crippen molar-refractivity contribution in [2.45, 2.75) is 19.4 Å². The van der Waals surface area contributed by atoms with Crippen LogP contribution in [0.1, 0.15) is 44.8 Å². The van der Waals surface area contributed by atoms with Gasteiger partial charge in [-0.25, -0.2) is 0 Å². The molecule has 1 heterocycles. The molecule has 6 nitrogen and oxygen atoms in total. The molecule has 3 rings (SSSR count). The van der Waals surface area contributed by atoms with Crippen molar-refractivity contribution in [1.29, 1.82) is 0 Å². The lowest BCUT2D eigenvalue weighted by Gasteiger charge is -2.25. The Morgan fingerprint density at radius 3 is 2.07 bits per heavy atom. The van der Waals surface area contributed by atoms with Gasteiger partial charge in [0.1, 0.15) is 6.54 Å². The molecule has 2 aromatic rings. The molecule has 0 spiro atoms. The van der Waals surface area contributed by atoms with E-state index in [4.69, 9.17) is 0 Å². The highest BCUT2D eigenvalue weighted by molar-refractivity contribution is 6.22. The largest absolute Gasteiger partial charge is 0.353 e.